The number of ether oxygens (including phenoxy) is 3. The first-order chi connectivity index (χ1) is 16.4. The average molecular weight is 469 g/mol. The zero-order valence-electron chi connectivity index (χ0n) is 20.0. The molecule has 0 radical (unpaired) electrons. The van der Waals surface area contributed by atoms with E-state index in [0.717, 1.165) is 24.9 Å². The molecule has 3 rings (SSSR count). The number of rotatable bonds is 9. The van der Waals surface area contributed by atoms with Crippen molar-refractivity contribution in [3.05, 3.63) is 65.9 Å². The second-order valence-corrected chi connectivity index (χ2v) is 8.09. The number of hydrogen-bond donors (Lipinski definition) is 2. The molecule has 1 unspecified atom stereocenters. The summed E-state index contributed by atoms with van der Waals surface area (Å²) >= 11 is 0. The van der Waals surface area contributed by atoms with Crippen LogP contribution in [0.5, 0.6) is 11.5 Å². The summed E-state index contributed by atoms with van der Waals surface area (Å²) in [6.45, 7) is 1.19. The predicted octanol–water partition coefficient (Wildman–Crippen LogP) is 3.81. The Balaban J connectivity index is 1.57. The molecule has 0 aromatic heterocycles. The average Bonchev–Trinajstić information content (AvgIpc) is 2.86. The van der Waals surface area contributed by atoms with Gasteiger partial charge in [0.25, 0.3) is 5.91 Å². The van der Waals surface area contributed by atoms with E-state index >= 15 is 0 Å². The van der Waals surface area contributed by atoms with Gasteiger partial charge in [-0.25, -0.2) is 15.2 Å². The highest BCUT2D eigenvalue weighted by atomic mass is 16.5. The van der Waals surface area contributed by atoms with E-state index in [2.05, 4.69) is 10.7 Å². The Bertz CT molecular complexity index is 1010. The maximum absolute atomic E-state index is 13.0. The minimum absolute atomic E-state index is 0.100. The van der Waals surface area contributed by atoms with Crippen LogP contribution in [0, 0.1) is 0 Å². The van der Waals surface area contributed by atoms with Crippen LogP contribution in [0.4, 0.5) is 10.5 Å². The third-order valence-electron chi connectivity index (χ3n) is 5.31. The summed E-state index contributed by atoms with van der Waals surface area (Å²) in [5.74, 6) is 1.07. The van der Waals surface area contributed by atoms with Crippen molar-refractivity contribution in [2.75, 3.05) is 46.8 Å². The van der Waals surface area contributed by atoms with Crippen LogP contribution in [0.2, 0.25) is 0 Å². The highest BCUT2D eigenvalue weighted by molar-refractivity contribution is 5.95. The normalized spacial score (nSPS) is 15.2. The number of amides is 2. The number of nitrogens with one attached hydrogen (secondary N) is 2. The maximum atomic E-state index is 13.0. The molecule has 1 aliphatic heterocycles. The van der Waals surface area contributed by atoms with E-state index < -0.39 is 6.09 Å². The first-order valence-electron chi connectivity index (χ1n) is 11.1. The highest BCUT2D eigenvalue weighted by Gasteiger charge is 2.23. The van der Waals surface area contributed by atoms with Gasteiger partial charge in [-0.15, -0.1) is 0 Å². The molecule has 2 amide bonds. The van der Waals surface area contributed by atoms with Crippen molar-refractivity contribution in [3.8, 4) is 11.5 Å². The zero-order chi connectivity index (χ0) is 24.5. The summed E-state index contributed by atoms with van der Waals surface area (Å²) in [6.07, 6.45) is 4.62. The second kappa shape index (κ2) is 12.1. The molecule has 0 spiro atoms. The lowest BCUT2D eigenvalue weighted by Gasteiger charge is -2.30. The van der Waals surface area contributed by atoms with Gasteiger partial charge in [0.15, 0.2) is 11.5 Å². The first-order valence-corrected chi connectivity index (χ1v) is 11.1. The van der Waals surface area contributed by atoms with E-state index in [-0.39, 0.29) is 11.9 Å². The molecule has 0 bridgehead atoms. The third kappa shape index (κ3) is 6.72. The van der Waals surface area contributed by atoms with Gasteiger partial charge in [0.1, 0.15) is 0 Å². The lowest BCUT2D eigenvalue weighted by atomic mass is 10.0. The van der Waals surface area contributed by atoms with Crippen LogP contribution in [0.1, 0.15) is 34.8 Å². The van der Waals surface area contributed by atoms with E-state index in [4.69, 9.17) is 14.2 Å². The number of hydrogen-bond acceptors (Lipinski definition) is 7. The van der Waals surface area contributed by atoms with Crippen molar-refractivity contribution in [1.82, 2.24) is 15.3 Å². The fraction of sp³-hybridized carbons (Fsp3) is 0.360. The fourth-order valence-electron chi connectivity index (χ4n) is 3.51. The Labute approximate surface area is 200 Å². The number of carbonyl (C=O) groups is 2. The van der Waals surface area contributed by atoms with E-state index in [0.29, 0.717) is 29.4 Å². The number of methoxy groups -OCH3 is 2. The van der Waals surface area contributed by atoms with Crippen LogP contribution >= 0.6 is 0 Å². The number of benzene rings is 2. The molecule has 2 N–H and O–H groups in total. The molecular weight excluding hydrogens is 436 g/mol. The molecule has 0 saturated carbocycles. The summed E-state index contributed by atoms with van der Waals surface area (Å²) in [4.78, 5) is 27.0. The standard InChI is InChI=1S/C25H32N4O5/c1-28(2)14-6-16-34-25(31)26-20-11-8-18(9-12-20)24(30)29-15-5-7-21(27-29)19-10-13-22(32-3)23(17-19)33-4/h5,8-13,15,17,21,27H,6-7,14,16H2,1-4H3,(H,26,31). The maximum Gasteiger partial charge on any atom is 0.411 e. The van der Waals surface area contributed by atoms with Crippen LogP contribution in [0.3, 0.4) is 0 Å². The quantitative estimate of drug-likeness (QED) is 0.541. The zero-order valence-corrected chi connectivity index (χ0v) is 20.0. The van der Waals surface area contributed by atoms with Crippen molar-refractivity contribution in [2.45, 2.75) is 18.9 Å². The third-order valence-corrected chi connectivity index (χ3v) is 5.31. The molecule has 34 heavy (non-hydrogen) atoms. The fourth-order valence-corrected chi connectivity index (χ4v) is 3.51. The van der Waals surface area contributed by atoms with Crippen molar-refractivity contribution in [1.29, 1.82) is 0 Å². The molecule has 0 saturated heterocycles. The van der Waals surface area contributed by atoms with Crippen molar-refractivity contribution in [3.63, 3.8) is 0 Å². The van der Waals surface area contributed by atoms with Crippen molar-refractivity contribution < 1.29 is 23.8 Å². The lowest BCUT2D eigenvalue weighted by Crippen LogP contribution is -2.43. The largest absolute Gasteiger partial charge is 0.493 e. The molecule has 1 atom stereocenters. The van der Waals surface area contributed by atoms with Gasteiger partial charge in [0.2, 0.25) is 0 Å². The monoisotopic (exact) mass is 468 g/mol. The molecule has 182 valence electrons. The minimum Gasteiger partial charge on any atom is -0.493 e. The number of nitrogens with zero attached hydrogens (tertiary/aromatic N) is 2. The summed E-state index contributed by atoms with van der Waals surface area (Å²) in [5, 5.41) is 4.14. The Kier molecular flexibility index (Phi) is 8.89. The molecule has 2 aromatic rings. The molecule has 1 heterocycles. The molecule has 0 aliphatic carbocycles. The van der Waals surface area contributed by atoms with Gasteiger partial charge in [-0.1, -0.05) is 12.1 Å². The van der Waals surface area contributed by atoms with E-state index in [1.54, 1.807) is 44.7 Å². The summed E-state index contributed by atoms with van der Waals surface area (Å²) < 4.78 is 15.9. The topological polar surface area (TPSA) is 92.4 Å². The van der Waals surface area contributed by atoms with Crippen LogP contribution in [-0.4, -0.2) is 63.4 Å². The van der Waals surface area contributed by atoms with Gasteiger partial charge < -0.3 is 19.1 Å². The molecule has 9 nitrogen and oxygen atoms in total. The van der Waals surface area contributed by atoms with E-state index in [1.807, 2.05) is 43.3 Å². The minimum atomic E-state index is -0.517. The highest BCUT2D eigenvalue weighted by Crippen LogP contribution is 2.32. The number of anilines is 1. The van der Waals surface area contributed by atoms with Crippen LogP contribution in [0.15, 0.2) is 54.7 Å². The summed E-state index contributed by atoms with van der Waals surface area (Å²) in [5.41, 5.74) is 5.26. The molecule has 1 aliphatic rings. The summed E-state index contributed by atoms with van der Waals surface area (Å²) in [7, 11) is 7.12. The number of carbonyl (C=O) groups excluding carboxylic acids is 2. The van der Waals surface area contributed by atoms with Gasteiger partial charge in [0.05, 0.1) is 26.9 Å². The molecule has 0 fully saturated rings. The first kappa shape index (κ1) is 25.1. The smallest absolute Gasteiger partial charge is 0.411 e. The van der Waals surface area contributed by atoms with Crippen LogP contribution < -0.4 is 20.2 Å². The van der Waals surface area contributed by atoms with Crippen LogP contribution in [-0.2, 0) is 4.74 Å². The van der Waals surface area contributed by atoms with Gasteiger partial charge in [0, 0.05) is 24.0 Å². The lowest BCUT2D eigenvalue weighted by molar-refractivity contribution is 0.0713. The van der Waals surface area contributed by atoms with Gasteiger partial charge in [-0.2, -0.15) is 0 Å². The number of hydrazine groups is 1. The Hall–Kier alpha value is -3.56. The van der Waals surface area contributed by atoms with Crippen molar-refractivity contribution in [2.24, 2.45) is 0 Å². The van der Waals surface area contributed by atoms with Gasteiger partial charge >= 0.3 is 6.09 Å². The Morgan fingerprint density at radius 1 is 1.09 bits per heavy atom. The van der Waals surface area contributed by atoms with Crippen molar-refractivity contribution >= 4 is 17.7 Å². The second-order valence-electron chi connectivity index (χ2n) is 8.09. The van der Waals surface area contributed by atoms with E-state index in [1.165, 1.54) is 5.01 Å². The summed E-state index contributed by atoms with van der Waals surface area (Å²) in [6, 6.07) is 12.3. The molecular formula is C25H32N4O5. The van der Waals surface area contributed by atoms with E-state index in [9.17, 15) is 9.59 Å². The van der Waals surface area contributed by atoms with Gasteiger partial charge in [-0.3, -0.25) is 10.1 Å². The predicted molar refractivity (Wildman–Crippen MR) is 130 cm³/mol. The Morgan fingerprint density at radius 2 is 1.82 bits per heavy atom. The molecule has 9 heteroatoms. The molecule has 2 aromatic carbocycles. The SMILES string of the molecule is COc1ccc(C2CC=CN(C(=O)c3ccc(NC(=O)OCCCN(C)C)cc3)N2)cc1OC. The van der Waals surface area contributed by atoms with Crippen LogP contribution in [0.25, 0.3) is 0 Å². The Morgan fingerprint density at radius 3 is 2.50 bits per heavy atom. The van der Waals surface area contributed by atoms with Gasteiger partial charge in [-0.05, 0) is 68.9 Å².